The van der Waals surface area contributed by atoms with E-state index in [0.717, 1.165) is 0 Å². The Bertz CT molecular complexity index is 602. The quantitative estimate of drug-likeness (QED) is 0.824. The molecule has 110 valence electrons. The number of hydrogen-bond acceptors (Lipinski definition) is 5. The molecule has 1 fully saturated rings. The summed E-state index contributed by atoms with van der Waals surface area (Å²) >= 11 is 0. The number of carbonyl (C=O) groups excluding carboxylic acids is 1. The van der Waals surface area contributed by atoms with Crippen molar-refractivity contribution in [1.82, 2.24) is 4.31 Å². The molecule has 1 aromatic carbocycles. The number of esters is 1. The Balaban J connectivity index is 2.17. The van der Waals surface area contributed by atoms with Crippen LogP contribution in [0.3, 0.4) is 0 Å². The maximum absolute atomic E-state index is 12.3. The molecule has 2 rings (SSSR count). The van der Waals surface area contributed by atoms with Gasteiger partial charge in [-0.1, -0.05) is 6.92 Å². The lowest BCUT2D eigenvalue weighted by Crippen LogP contribution is -2.62. The van der Waals surface area contributed by atoms with Crippen LogP contribution in [-0.2, 0) is 14.8 Å². The van der Waals surface area contributed by atoms with Crippen molar-refractivity contribution >= 4 is 16.0 Å². The molecule has 1 aromatic rings. The normalized spacial score (nSPS) is 18.4. The first-order chi connectivity index (χ1) is 9.32. The van der Waals surface area contributed by atoms with Crippen LogP contribution in [0.15, 0.2) is 29.2 Å². The molecule has 0 atom stereocenters. The summed E-state index contributed by atoms with van der Waals surface area (Å²) in [6.07, 6.45) is 0.514. The molecule has 0 radical (unpaired) electrons. The van der Waals surface area contributed by atoms with Crippen molar-refractivity contribution in [1.29, 1.82) is 0 Å². The summed E-state index contributed by atoms with van der Waals surface area (Å²) in [5.41, 5.74) is -0.626. The summed E-state index contributed by atoms with van der Waals surface area (Å²) in [4.78, 5) is 11.4. The maximum atomic E-state index is 12.3. The molecule has 0 unspecified atom stereocenters. The van der Waals surface area contributed by atoms with Crippen LogP contribution in [0.25, 0.3) is 0 Å². The summed E-state index contributed by atoms with van der Waals surface area (Å²) < 4.78 is 30.3. The van der Waals surface area contributed by atoms with Crippen molar-refractivity contribution in [2.24, 2.45) is 0 Å². The highest BCUT2D eigenvalue weighted by atomic mass is 32.2. The van der Waals surface area contributed by atoms with Gasteiger partial charge in [0, 0.05) is 13.1 Å². The van der Waals surface area contributed by atoms with E-state index in [0.29, 0.717) is 12.0 Å². The van der Waals surface area contributed by atoms with Gasteiger partial charge in [-0.25, -0.2) is 13.2 Å². The molecular weight excluding hydrogens is 282 g/mol. The van der Waals surface area contributed by atoms with Crippen molar-refractivity contribution in [3.05, 3.63) is 29.8 Å². The molecule has 1 heterocycles. The second kappa shape index (κ2) is 5.16. The first-order valence-electron chi connectivity index (χ1n) is 6.23. The standard InChI is InChI=1S/C13H17NO5S/c1-3-13(16)8-14(9-13)20(17,18)11-6-4-10(5-7-11)12(15)19-2/h4-7,16H,3,8-9H2,1-2H3. The largest absolute Gasteiger partial charge is 0.465 e. The predicted octanol–water partition coefficient (Wildman–Crippen LogP) is 0.619. The number of nitrogens with zero attached hydrogens (tertiary/aromatic N) is 1. The van der Waals surface area contributed by atoms with Crippen LogP contribution in [0, 0.1) is 0 Å². The Morgan fingerprint density at radius 2 is 1.90 bits per heavy atom. The van der Waals surface area contributed by atoms with E-state index < -0.39 is 21.6 Å². The average Bonchev–Trinajstić information content (AvgIpc) is 2.43. The van der Waals surface area contributed by atoms with E-state index in [4.69, 9.17) is 0 Å². The third-order valence-corrected chi connectivity index (χ3v) is 5.32. The Hall–Kier alpha value is -1.44. The molecule has 0 aliphatic carbocycles. The van der Waals surface area contributed by atoms with E-state index >= 15 is 0 Å². The number of benzene rings is 1. The van der Waals surface area contributed by atoms with Gasteiger partial charge in [0.25, 0.3) is 0 Å². The number of sulfonamides is 1. The summed E-state index contributed by atoms with van der Waals surface area (Å²) in [7, 11) is -2.35. The minimum absolute atomic E-state index is 0.100. The number of β-amino-alcohol motifs (C(OH)–C–C–N with tert-alkyl or cyclic N) is 1. The van der Waals surface area contributed by atoms with E-state index in [9.17, 15) is 18.3 Å². The highest BCUT2D eigenvalue weighted by molar-refractivity contribution is 7.89. The number of ether oxygens (including phenoxy) is 1. The third-order valence-electron chi connectivity index (χ3n) is 3.51. The fraction of sp³-hybridized carbons (Fsp3) is 0.462. The van der Waals surface area contributed by atoms with Gasteiger partial charge >= 0.3 is 5.97 Å². The zero-order valence-corrected chi connectivity index (χ0v) is 12.2. The van der Waals surface area contributed by atoms with Crippen LogP contribution in [0.5, 0.6) is 0 Å². The fourth-order valence-corrected chi connectivity index (χ4v) is 3.63. The molecule has 1 N–H and O–H groups in total. The van der Waals surface area contributed by atoms with Crippen LogP contribution in [0.1, 0.15) is 23.7 Å². The third kappa shape index (κ3) is 2.56. The second-order valence-corrected chi connectivity index (χ2v) is 6.80. The van der Waals surface area contributed by atoms with E-state index in [1.165, 1.54) is 35.7 Å². The molecular formula is C13H17NO5S. The lowest BCUT2D eigenvalue weighted by Gasteiger charge is -2.44. The predicted molar refractivity (Wildman–Crippen MR) is 71.8 cm³/mol. The van der Waals surface area contributed by atoms with Gasteiger partial charge in [-0.2, -0.15) is 4.31 Å². The molecule has 7 heteroatoms. The number of carbonyl (C=O) groups is 1. The Morgan fingerprint density at radius 1 is 1.35 bits per heavy atom. The summed E-state index contributed by atoms with van der Waals surface area (Å²) in [5.74, 6) is -0.516. The van der Waals surface area contributed by atoms with Crippen LogP contribution < -0.4 is 0 Å². The molecule has 0 bridgehead atoms. The van der Waals surface area contributed by atoms with Crippen molar-refractivity contribution in [2.75, 3.05) is 20.2 Å². The van der Waals surface area contributed by atoms with Gasteiger partial charge in [0.1, 0.15) is 0 Å². The van der Waals surface area contributed by atoms with Gasteiger partial charge in [0.05, 0.1) is 23.2 Å². The van der Waals surface area contributed by atoms with Crippen LogP contribution in [-0.4, -0.2) is 49.6 Å². The second-order valence-electron chi connectivity index (χ2n) is 4.87. The SMILES string of the molecule is CCC1(O)CN(S(=O)(=O)c2ccc(C(=O)OC)cc2)C1. The molecule has 0 amide bonds. The summed E-state index contributed by atoms with van der Waals surface area (Å²) in [5, 5.41) is 9.88. The number of rotatable bonds is 4. The van der Waals surface area contributed by atoms with Crippen LogP contribution in [0.4, 0.5) is 0 Å². The van der Waals surface area contributed by atoms with Gasteiger partial charge in [0.2, 0.25) is 10.0 Å². The lowest BCUT2D eigenvalue weighted by molar-refractivity contribution is -0.0613. The Kier molecular flexibility index (Phi) is 3.86. The molecule has 1 aliphatic heterocycles. The number of methoxy groups -OCH3 is 1. The molecule has 20 heavy (non-hydrogen) atoms. The first-order valence-corrected chi connectivity index (χ1v) is 7.67. The van der Waals surface area contributed by atoms with Crippen LogP contribution in [0.2, 0.25) is 0 Å². The van der Waals surface area contributed by atoms with Crippen molar-refractivity contribution in [3.63, 3.8) is 0 Å². The smallest absolute Gasteiger partial charge is 0.337 e. The fourth-order valence-electron chi connectivity index (χ4n) is 2.03. The van der Waals surface area contributed by atoms with E-state index in [-0.39, 0.29) is 18.0 Å². The number of aliphatic hydroxyl groups is 1. The zero-order valence-electron chi connectivity index (χ0n) is 11.4. The van der Waals surface area contributed by atoms with Gasteiger partial charge in [-0.3, -0.25) is 0 Å². The molecule has 0 saturated carbocycles. The minimum atomic E-state index is -3.61. The maximum Gasteiger partial charge on any atom is 0.337 e. The van der Waals surface area contributed by atoms with E-state index in [2.05, 4.69) is 4.74 Å². The van der Waals surface area contributed by atoms with Gasteiger partial charge < -0.3 is 9.84 Å². The number of hydrogen-bond donors (Lipinski definition) is 1. The molecule has 0 aromatic heterocycles. The highest BCUT2D eigenvalue weighted by Crippen LogP contribution is 2.30. The van der Waals surface area contributed by atoms with Crippen LogP contribution >= 0.6 is 0 Å². The minimum Gasteiger partial charge on any atom is -0.465 e. The van der Waals surface area contributed by atoms with Crippen molar-refractivity contribution in [3.8, 4) is 0 Å². The Morgan fingerprint density at radius 3 is 2.35 bits per heavy atom. The highest BCUT2D eigenvalue weighted by Gasteiger charge is 2.45. The average molecular weight is 299 g/mol. The molecule has 6 nitrogen and oxygen atoms in total. The van der Waals surface area contributed by atoms with Crippen molar-refractivity contribution < 1.29 is 23.1 Å². The monoisotopic (exact) mass is 299 g/mol. The Labute approximate surface area is 118 Å². The molecule has 1 aliphatic rings. The zero-order chi connectivity index (χ0) is 15.0. The summed E-state index contributed by atoms with van der Waals surface area (Å²) in [6, 6.07) is 5.55. The molecule has 0 spiro atoms. The summed E-state index contributed by atoms with van der Waals surface area (Å²) in [6.45, 7) is 2.02. The lowest BCUT2D eigenvalue weighted by atomic mass is 9.94. The van der Waals surface area contributed by atoms with Crippen molar-refractivity contribution in [2.45, 2.75) is 23.8 Å². The van der Waals surface area contributed by atoms with E-state index in [1.807, 2.05) is 6.92 Å². The topological polar surface area (TPSA) is 83.9 Å². The first kappa shape index (κ1) is 15.0. The van der Waals surface area contributed by atoms with E-state index in [1.54, 1.807) is 0 Å². The van der Waals surface area contributed by atoms with Gasteiger partial charge in [-0.15, -0.1) is 0 Å². The van der Waals surface area contributed by atoms with Gasteiger partial charge in [0.15, 0.2) is 0 Å². The van der Waals surface area contributed by atoms with Gasteiger partial charge in [-0.05, 0) is 30.7 Å². The molecule has 1 saturated heterocycles.